The van der Waals surface area contributed by atoms with Gasteiger partial charge in [-0.3, -0.25) is 0 Å². The highest BCUT2D eigenvalue weighted by atomic mass is 15.0. The number of hydrogen-bond donors (Lipinski definition) is 1. The molecule has 0 spiro atoms. The predicted molar refractivity (Wildman–Crippen MR) is 100 cm³/mol. The zero-order chi connectivity index (χ0) is 16.8. The molecule has 3 heteroatoms. The molecule has 1 heterocycles. The normalized spacial score (nSPS) is 13.2. The third-order valence-electron chi connectivity index (χ3n) is 4.14. The van der Waals surface area contributed by atoms with Crippen LogP contribution in [0, 0.1) is 0 Å². The Bertz CT molecular complexity index is 893. The van der Waals surface area contributed by atoms with E-state index in [0.29, 0.717) is 0 Å². The lowest BCUT2D eigenvalue weighted by molar-refractivity contribution is 0.769. The average Bonchev–Trinajstić information content (AvgIpc) is 3.03. The van der Waals surface area contributed by atoms with Crippen molar-refractivity contribution in [1.82, 2.24) is 14.9 Å². The zero-order valence-corrected chi connectivity index (χ0v) is 14.2. The lowest BCUT2D eigenvalue weighted by atomic mass is 10.1. The molecular weight excluding hydrogens is 294 g/mol. The second kappa shape index (κ2) is 7.75. The first-order chi connectivity index (χ1) is 11.8. The van der Waals surface area contributed by atoms with Crippen LogP contribution in [-0.4, -0.2) is 23.1 Å². The van der Waals surface area contributed by atoms with Crippen LogP contribution in [0.5, 0.6) is 0 Å². The average molecular weight is 317 g/mol. The van der Waals surface area contributed by atoms with E-state index in [2.05, 4.69) is 71.4 Å². The van der Waals surface area contributed by atoms with Gasteiger partial charge in [0.05, 0.1) is 17.0 Å². The van der Waals surface area contributed by atoms with Crippen molar-refractivity contribution in [2.75, 3.05) is 13.6 Å². The third kappa shape index (κ3) is 3.63. The number of nitrogens with zero attached hydrogens (tertiary/aromatic N) is 2. The van der Waals surface area contributed by atoms with Gasteiger partial charge in [0.25, 0.3) is 0 Å². The first-order valence-electron chi connectivity index (χ1n) is 8.26. The summed E-state index contributed by atoms with van der Waals surface area (Å²) in [7, 11) is 1.96. The molecule has 0 unspecified atom stereocenters. The summed E-state index contributed by atoms with van der Waals surface area (Å²) in [5.74, 6) is 0. The molecule has 0 aliphatic carbocycles. The van der Waals surface area contributed by atoms with Crippen molar-refractivity contribution in [2.24, 2.45) is 0 Å². The van der Waals surface area contributed by atoms with Crippen LogP contribution in [0.4, 0.5) is 0 Å². The fraction of sp³-hybridized carbons (Fsp3) is 0.190. The van der Waals surface area contributed by atoms with Crippen LogP contribution in [0.15, 0.2) is 67.0 Å². The fourth-order valence-electron chi connectivity index (χ4n) is 2.82. The lowest BCUT2D eigenvalue weighted by Crippen LogP contribution is -2.33. The molecular formula is C21H23N3. The summed E-state index contributed by atoms with van der Waals surface area (Å²) in [5, 5.41) is 5.41. The number of hydrogen-bond acceptors (Lipinski definition) is 2. The summed E-state index contributed by atoms with van der Waals surface area (Å²) in [6.07, 6.45) is 4.15. The maximum atomic E-state index is 4.71. The Morgan fingerprint density at radius 3 is 2.38 bits per heavy atom. The topological polar surface area (TPSA) is 29.9 Å². The highest BCUT2D eigenvalue weighted by molar-refractivity contribution is 5.62. The van der Waals surface area contributed by atoms with Gasteiger partial charge >= 0.3 is 0 Å². The summed E-state index contributed by atoms with van der Waals surface area (Å²) in [4.78, 5) is 4.71. The first kappa shape index (κ1) is 16.2. The quantitative estimate of drug-likeness (QED) is 0.781. The molecule has 3 aromatic rings. The lowest BCUT2D eigenvalue weighted by Gasteiger charge is -2.04. The molecule has 0 aliphatic heterocycles. The molecule has 0 atom stereocenters. The van der Waals surface area contributed by atoms with Crippen LogP contribution in [0.2, 0.25) is 0 Å². The van der Waals surface area contributed by atoms with E-state index in [1.807, 2.05) is 25.5 Å². The van der Waals surface area contributed by atoms with E-state index in [0.717, 1.165) is 23.8 Å². The smallest absolute Gasteiger partial charge is 0.0961 e. The largest absolute Gasteiger partial charge is 0.326 e. The molecule has 2 aromatic carbocycles. The van der Waals surface area contributed by atoms with Crippen LogP contribution in [0.25, 0.3) is 11.6 Å². The van der Waals surface area contributed by atoms with Crippen molar-refractivity contribution >= 4 is 11.6 Å². The third-order valence-corrected chi connectivity index (χ3v) is 4.14. The summed E-state index contributed by atoms with van der Waals surface area (Å²) in [6.45, 7) is 3.78. The second-order valence-electron chi connectivity index (χ2n) is 5.84. The molecule has 0 saturated heterocycles. The van der Waals surface area contributed by atoms with E-state index >= 15 is 0 Å². The van der Waals surface area contributed by atoms with Gasteiger partial charge in [0.2, 0.25) is 0 Å². The fourth-order valence-corrected chi connectivity index (χ4v) is 2.82. The van der Waals surface area contributed by atoms with Crippen molar-refractivity contribution in [1.29, 1.82) is 0 Å². The number of nitrogens with one attached hydrogen (secondary N) is 1. The first-order valence-corrected chi connectivity index (χ1v) is 8.26. The SMILES string of the molecule is CNC/C=c1\c(=C(/C)c2ccccc2)ncn1Cc1ccccc1. The molecule has 0 saturated carbocycles. The molecule has 0 fully saturated rings. The Labute approximate surface area is 143 Å². The van der Waals surface area contributed by atoms with Gasteiger partial charge in [0, 0.05) is 13.1 Å². The number of rotatable bonds is 5. The van der Waals surface area contributed by atoms with Gasteiger partial charge in [-0.25, -0.2) is 4.98 Å². The predicted octanol–water partition coefficient (Wildman–Crippen LogP) is 2.15. The van der Waals surface area contributed by atoms with Crippen LogP contribution in [0.3, 0.4) is 0 Å². The van der Waals surface area contributed by atoms with E-state index in [1.54, 1.807) is 0 Å². The molecule has 1 aromatic heterocycles. The Morgan fingerprint density at radius 1 is 1.04 bits per heavy atom. The molecule has 122 valence electrons. The van der Waals surface area contributed by atoms with Crippen LogP contribution in [-0.2, 0) is 6.54 Å². The standard InChI is InChI=1S/C21H23N3/c1-17(19-11-7-4-8-12-19)21-20(13-14-22-2)24(16-23-21)15-18-9-5-3-6-10-18/h3-13,16,22H,14-15H2,1-2H3/b20-13+,21-17-. The van der Waals surface area contributed by atoms with Crippen LogP contribution >= 0.6 is 0 Å². The molecule has 0 aliphatic rings. The van der Waals surface area contributed by atoms with Crippen molar-refractivity contribution in [3.05, 3.63) is 88.8 Å². The maximum Gasteiger partial charge on any atom is 0.0961 e. The zero-order valence-electron chi connectivity index (χ0n) is 14.2. The molecule has 1 N–H and O–H groups in total. The summed E-state index contributed by atoms with van der Waals surface area (Å²) in [5.41, 5.74) is 3.68. The van der Waals surface area contributed by atoms with E-state index in [1.165, 1.54) is 16.7 Å². The maximum absolute atomic E-state index is 4.71. The van der Waals surface area contributed by atoms with Crippen molar-refractivity contribution in [2.45, 2.75) is 13.5 Å². The number of aromatic nitrogens is 2. The number of imidazole rings is 1. The summed E-state index contributed by atoms with van der Waals surface area (Å²) in [6, 6.07) is 20.9. The van der Waals surface area contributed by atoms with Crippen molar-refractivity contribution < 1.29 is 0 Å². The van der Waals surface area contributed by atoms with E-state index in [9.17, 15) is 0 Å². The molecule has 0 bridgehead atoms. The van der Waals surface area contributed by atoms with Gasteiger partial charge in [-0.2, -0.15) is 0 Å². The van der Waals surface area contributed by atoms with Gasteiger partial charge in [-0.15, -0.1) is 0 Å². The van der Waals surface area contributed by atoms with E-state index in [4.69, 9.17) is 4.98 Å². The highest BCUT2D eigenvalue weighted by Crippen LogP contribution is 2.08. The van der Waals surface area contributed by atoms with Crippen molar-refractivity contribution in [3.63, 3.8) is 0 Å². The summed E-state index contributed by atoms with van der Waals surface area (Å²) < 4.78 is 2.22. The summed E-state index contributed by atoms with van der Waals surface area (Å²) >= 11 is 0. The number of benzene rings is 2. The molecule has 3 nitrogen and oxygen atoms in total. The van der Waals surface area contributed by atoms with Gasteiger partial charge in [-0.05, 0) is 36.7 Å². The van der Waals surface area contributed by atoms with E-state index < -0.39 is 0 Å². The monoisotopic (exact) mass is 317 g/mol. The molecule has 3 rings (SSSR count). The highest BCUT2D eigenvalue weighted by Gasteiger charge is 2.04. The molecule has 0 radical (unpaired) electrons. The van der Waals surface area contributed by atoms with Gasteiger partial charge in [0.1, 0.15) is 0 Å². The van der Waals surface area contributed by atoms with Gasteiger partial charge < -0.3 is 9.88 Å². The van der Waals surface area contributed by atoms with Gasteiger partial charge in [0.15, 0.2) is 0 Å². The van der Waals surface area contributed by atoms with Crippen LogP contribution in [0.1, 0.15) is 18.1 Å². The minimum Gasteiger partial charge on any atom is -0.326 e. The Morgan fingerprint density at radius 2 is 1.71 bits per heavy atom. The van der Waals surface area contributed by atoms with E-state index in [-0.39, 0.29) is 0 Å². The molecule has 0 amide bonds. The van der Waals surface area contributed by atoms with Crippen LogP contribution < -0.4 is 16.0 Å². The second-order valence-corrected chi connectivity index (χ2v) is 5.84. The minimum atomic E-state index is 0.815. The minimum absolute atomic E-state index is 0.815. The Hall–Kier alpha value is -2.65. The Balaban J connectivity index is 2.11. The van der Waals surface area contributed by atoms with Gasteiger partial charge in [-0.1, -0.05) is 60.7 Å². The Kier molecular flexibility index (Phi) is 5.24. The van der Waals surface area contributed by atoms with Crippen molar-refractivity contribution in [3.8, 4) is 0 Å². The molecule has 24 heavy (non-hydrogen) atoms.